The summed E-state index contributed by atoms with van der Waals surface area (Å²) >= 11 is 1.82. The Labute approximate surface area is 346 Å². The Kier molecular flexibility index (Phi) is 8.68. The second kappa shape index (κ2) is 14.8. The first-order valence-electron chi connectivity index (χ1n) is 19.8. The van der Waals surface area contributed by atoms with Crippen molar-refractivity contribution in [2.24, 2.45) is 0 Å². The van der Waals surface area contributed by atoms with Crippen LogP contribution in [-0.4, -0.2) is 15.0 Å². The lowest BCUT2D eigenvalue weighted by Gasteiger charge is -2.12. The highest BCUT2D eigenvalue weighted by Gasteiger charge is 2.19. The summed E-state index contributed by atoms with van der Waals surface area (Å²) in [6, 6.07) is 75.2. The summed E-state index contributed by atoms with van der Waals surface area (Å²) in [5.41, 5.74) is 12.3. The Bertz CT molecular complexity index is 3310. The molecule has 2 aromatic heterocycles. The summed E-state index contributed by atoms with van der Waals surface area (Å²) in [5.74, 6) is 1.92. The monoisotopic (exact) mass is 769 g/mol. The number of nitrogens with zero attached hydrogens (tertiary/aromatic N) is 3. The Morgan fingerprint density at radius 1 is 0.288 bits per heavy atom. The molecule has 0 unspecified atom stereocenters. The molecule has 11 aromatic rings. The summed E-state index contributed by atoms with van der Waals surface area (Å²) in [7, 11) is 0. The second-order valence-electron chi connectivity index (χ2n) is 14.8. The minimum atomic E-state index is 0.633. The van der Waals surface area contributed by atoms with Crippen LogP contribution in [0.2, 0.25) is 0 Å². The van der Waals surface area contributed by atoms with Gasteiger partial charge in [0.15, 0.2) is 17.5 Å². The number of hydrogen-bond acceptors (Lipinski definition) is 4. The Morgan fingerprint density at radius 2 is 0.763 bits per heavy atom. The van der Waals surface area contributed by atoms with Crippen molar-refractivity contribution >= 4 is 42.3 Å². The molecule has 4 heteroatoms. The number of fused-ring (bicyclic) bond motifs is 4. The highest BCUT2D eigenvalue weighted by atomic mass is 32.1. The lowest BCUT2D eigenvalue weighted by Crippen LogP contribution is -2.00. The molecule has 276 valence electrons. The molecule has 0 atom stereocenters. The molecule has 0 aliphatic carbocycles. The van der Waals surface area contributed by atoms with Gasteiger partial charge in [0.1, 0.15) is 0 Å². The van der Waals surface area contributed by atoms with Crippen LogP contribution in [0, 0.1) is 0 Å². The van der Waals surface area contributed by atoms with Gasteiger partial charge in [-0.1, -0.05) is 194 Å². The van der Waals surface area contributed by atoms with Crippen LogP contribution < -0.4 is 0 Å². The zero-order chi connectivity index (χ0) is 39.1. The molecule has 0 fully saturated rings. The van der Waals surface area contributed by atoms with Gasteiger partial charge in [-0.25, -0.2) is 15.0 Å². The van der Waals surface area contributed by atoms with Crippen LogP contribution in [0.5, 0.6) is 0 Å². The molecule has 0 aliphatic heterocycles. The Morgan fingerprint density at radius 3 is 1.56 bits per heavy atom. The summed E-state index contributed by atoms with van der Waals surface area (Å²) in [6.07, 6.45) is 0. The van der Waals surface area contributed by atoms with E-state index >= 15 is 0 Å². The van der Waals surface area contributed by atoms with E-state index in [2.05, 4.69) is 206 Å². The third kappa shape index (κ3) is 6.46. The number of hydrogen-bond donors (Lipinski definition) is 0. The second-order valence-corrected chi connectivity index (χ2v) is 15.8. The summed E-state index contributed by atoms with van der Waals surface area (Å²) in [4.78, 5) is 15.8. The molecule has 0 N–H and O–H groups in total. The van der Waals surface area contributed by atoms with E-state index in [1.165, 1.54) is 58.9 Å². The van der Waals surface area contributed by atoms with Gasteiger partial charge in [0.2, 0.25) is 0 Å². The number of thiophene rings is 1. The van der Waals surface area contributed by atoms with E-state index < -0.39 is 0 Å². The molecule has 0 radical (unpaired) electrons. The van der Waals surface area contributed by atoms with Crippen molar-refractivity contribution in [1.29, 1.82) is 0 Å². The van der Waals surface area contributed by atoms with E-state index in [1.54, 1.807) is 0 Å². The molecule has 0 spiro atoms. The van der Waals surface area contributed by atoms with Crippen molar-refractivity contribution in [3.05, 3.63) is 212 Å². The minimum Gasteiger partial charge on any atom is -0.208 e. The van der Waals surface area contributed by atoms with Gasteiger partial charge in [-0.3, -0.25) is 0 Å². The zero-order valence-electron chi connectivity index (χ0n) is 32.0. The zero-order valence-corrected chi connectivity index (χ0v) is 32.8. The topological polar surface area (TPSA) is 38.7 Å². The van der Waals surface area contributed by atoms with Gasteiger partial charge in [-0.15, -0.1) is 11.3 Å². The van der Waals surface area contributed by atoms with Crippen LogP contribution in [0.4, 0.5) is 0 Å². The fourth-order valence-corrected chi connectivity index (χ4v) is 9.52. The SMILES string of the molecule is c1ccc(-c2ccc(-c3nc(-c4cccc(-c5cccc6ccccc56)c4)nc(-c4cccc5sc6c(-c7cccc(-c8ccccc8)c7)cccc6c45)n3)cc2)cc1. The standard InChI is InChI=1S/C55H35N3S/c1-3-14-36(15-4-1)38-30-32-40(33-31-38)53-56-54(44-23-10-21-42(35-44)46-25-11-19-39-18-7-8-24-45(39)46)58-55(57-53)49-28-13-29-50-51(49)48-27-12-26-47(52(48)59-50)43-22-9-20-41(34-43)37-16-5-2-6-17-37/h1-35H. The first kappa shape index (κ1) is 34.7. The predicted molar refractivity (Wildman–Crippen MR) is 248 cm³/mol. The van der Waals surface area contributed by atoms with E-state index in [0.29, 0.717) is 17.5 Å². The molecule has 0 amide bonds. The van der Waals surface area contributed by atoms with E-state index in [9.17, 15) is 0 Å². The van der Waals surface area contributed by atoms with Gasteiger partial charge >= 0.3 is 0 Å². The van der Waals surface area contributed by atoms with Crippen molar-refractivity contribution in [1.82, 2.24) is 15.0 Å². The fourth-order valence-electron chi connectivity index (χ4n) is 8.26. The number of aromatic nitrogens is 3. The molecule has 59 heavy (non-hydrogen) atoms. The van der Waals surface area contributed by atoms with Crippen LogP contribution >= 0.6 is 11.3 Å². The van der Waals surface area contributed by atoms with Crippen molar-refractivity contribution < 1.29 is 0 Å². The number of benzene rings is 9. The van der Waals surface area contributed by atoms with Crippen molar-refractivity contribution in [2.75, 3.05) is 0 Å². The molecule has 11 rings (SSSR count). The van der Waals surface area contributed by atoms with Crippen molar-refractivity contribution in [3.8, 4) is 78.7 Å². The first-order chi connectivity index (χ1) is 29.2. The molecule has 0 aliphatic rings. The maximum absolute atomic E-state index is 5.31. The quantitative estimate of drug-likeness (QED) is 0.162. The summed E-state index contributed by atoms with van der Waals surface area (Å²) in [5, 5.41) is 4.77. The highest BCUT2D eigenvalue weighted by molar-refractivity contribution is 7.26. The largest absolute Gasteiger partial charge is 0.208 e. The first-order valence-corrected chi connectivity index (χ1v) is 20.7. The fraction of sp³-hybridized carbons (Fsp3) is 0. The van der Waals surface area contributed by atoms with Crippen molar-refractivity contribution in [2.45, 2.75) is 0 Å². The van der Waals surface area contributed by atoms with Gasteiger partial charge in [-0.2, -0.15) is 0 Å². The maximum Gasteiger partial charge on any atom is 0.164 e. The van der Waals surface area contributed by atoms with Gasteiger partial charge < -0.3 is 0 Å². The molecular formula is C55H35N3S. The van der Waals surface area contributed by atoms with E-state index in [4.69, 9.17) is 15.0 Å². The molecule has 2 heterocycles. The third-order valence-corrected chi connectivity index (χ3v) is 12.4. The van der Waals surface area contributed by atoms with Crippen LogP contribution in [-0.2, 0) is 0 Å². The van der Waals surface area contributed by atoms with E-state index in [1.807, 2.05) is 17.4 Å². The van der Waals surface area contributed by atoms with Crippen LogP contribution in [0.25, 0.3) is 110 Å². The summed E-state index contributed by atoms with van der Waals surface area (Å²) in [6.45, 7) is 0. The average molecular weight is 770 g/mol. The minimum absolute atomic E-state index is 0.633. The predicted octanol–water partition coefficient (Wildman–Crippen LogP) is 15.1. The van der Waals surface area contributed by atoms with Crippen LogP contribution in [0.3, 0.4) is 0 Å². The molecule has 3 nitrogen and oxygen atoms in total. The van der Waals surface area contributed by atoms with Crippen molar-refractivity contribution in [3.63, 3.8) is 0 Å². The molecule has 0 bridgehead atoms. The highest BCUT2D eigenvalue weighted by Crippen LogP contribution is 2.44. The molecule has 0 saturated heterocycles. The number of rotatable bonds is 7. The normalized spacial score (nSPS) is 11.4. The molecular weight excluding hydrogens is 735 g/mol. The van der Waals surface area contributed by atoms with E-state index in [-0.39, 0.29) is 0 Å². The lowest BCUT2D eigenvalue weighted by molar-refractivity contribution is 1.08. The smallest absolute Gasteiger partial charge is 0.164 e. The van der Waals surface area contributed by atoms with Gasteiger partial charge in [0.05, 0.1) is 0 Å². The van der Waals surface area contributed by atoms with Crippen LogP contribution in [0.15, 0.2) is 212 Å². The van der Waals surface area contributed by atoms with Gasteiger partial charge in [0, 0.05) is 36.9 Å². The maximum atomic E-state index is 5.31. The lowest BCUT2D eigenvalue weighted by atomic mass is 9.97. The Hall–Kier alpha value is -7.53. The average Bonchev–Trinajstić information content (AvgIpc) is 3.71. The van der Waals surface area contributed by atoms with Gasteiger partial charge in [0.25, 0.3) is 0 Å². The molecule has 0 saturated carbocycles. The van der Waals surface area contributed by atoms with Crippen LogP contribution in [0.1, 0.15) is 0 Å². The third-order valence-electron chi connectivity index (χ3n) is 11.2. The summed E-state index contributed by atoms with van der Waals surface area (Å²) < 4.78 is 2.44. The Balaban J connectivity index is 1.08. The van der Waals surface area contributed by atoms with Gasteiger partial charge in [-0.05, 0) is 73.5 Å². The van der Waals surface area contributed by atoms with E-state index in [0.717, 1.165) is 33.2 Å². The molecule has 9 aromatic carbocycles.